The Morgan fingerprint density at radius 3 is 2.66 bits per heavy atom. The zero-order valence-electron chi connectivity index (χ0n) is 21.7. The van der Waals surface area contributed by atoms with Gasteiger partial charge >= 0.3 is 11.8 Å². The van der Waals surface area contributed by atoms with Gasteiger partial charge in [-0.3, -0.25) is 9.36 Å². The first-order valence-corrected chi connectivity index (χ1v) is 12.2. The van der Waals surface area contributed by atoms with E-state index >= 15 is 0 Å². The molecule has 0 saturated carbocycles. The van der Waals surface area contributed by atoms with Crippen molar-refractivity contribution in [3.05, 3.63) is 46.6 Å². The molecule has 4 rings (SSSR count). The first-order chi connectivity index (χ1) is 17.9. The number of aryl methyl sites for hydroxylation is 1. The van der Waals surface area contributed by atoms with Gasteiger partial charge in [0.05, 0.1) is 29.5 Å². The number of hydrogen-bond donors (Lipinski definition) is 2. The summed E-state index contributed by atoms with van der Waals surface area (Å²) in [6.45, 7) is 5.76. The standard InChI is InChI=1S/C26H30N6O6/c1-25(2,3)26(15-32(23(34)35)10-5-11-37-26)22(33)28-18(14-27)13-17-7-8-19(30-29-17)16-6-9-21-20(12-16)31(4)24(36)38-21/h6-9,12,18H,5,10-11,13,15H2,1-4H3,(H,28,33)(H,34,35)/t18?,26-/m0/s1. The molecule has 12 heteroatoms. The van der Waals surface area contributed by atoms with Gasteiger partial charge in [-0.25, -0.2) is 9.59 Å². The van der Waals surface area contributed by atoms with Crippen LogP contribution in [0.1, 0.15) is 32.9 Å². The molecule has 1 unspecified atom stereocenters. The lowest BCUT2D eigenvalue weighted by Gasteiger charge is -2.43. The van der Waals surface area contributed by atoms with Crippen molar-refractivity contribution in [1.29, 1.82) is 5.26 Å². The van der Waals surface area contributed by atoms with Crippen LogP contribution in [0.2, 0.25) is 0 Å². The van der Waals surface area contributed by atoms with E-state index in [1.165, 1.54) is 9.47 Å². The number of carboxylic acid groups (broad SMARTS) is 1. The lowest BCUT2D eigenvalue weighted by molar-refractivity contribution is -0.165. The molecule has 1 aliphatic rings. The van der Waals surface area contributed by atoms with E-state index in [1.54, 1.807) is 37.4 Å². The van der Waals surface area contributed by atoms with Gasteiger partial charge in [-0.2, -0.15) is 15.5 Å². The molecular weight excluding hydrogens is 492 g/mol. The van der Waals surface area contributed by atoms with Gasteiger partial charge in [0.15, 0.2) is 11.2 Å². The second kappa shape index (κ2) is 10.3. The van der Waals surface area contributed by atoms with Gasteiger partial charge < -0.3 is 24.5 Å². The fraction of sp³-hybridized carbons (Fsp3) is 0.462. The summed E-state index contributed by atoms with van der Waals surface area (Å²) >= 11 is 0. The predicted octanol–water partition coefficient (Wildman–Crippen LogP) is 2.32. The minimum absolute atomic E-state index is 0.0909. The molecule has 38 heavy (non-hydrogen) atoms. The van der Waals surface area contributed by atoms with E-state index < -0.39 is 34.8 Å². The minimum Gasteiger partial charge on any atom is -0.465 e. The normalized spacial score (nSPS) is 19.0. The highest BCUT2D eigenvalue weighted by Gasteiger charge is 2.53. The van der Waals surface area contributed by atoms with Crippen molar-refractivity contribution in [2.75, 3.05) is 19.7 Å². The zero-order valence-corrected chi connectivity index (χ0v) is 21.7. The van der Waals surface area contributed by atoms with Crippen LogP contribution in [0.4, 0.5) is 4.79 Å². The number of carbonyl (C=O) groups is 2. The van der Waals surface area contributed by atoms with Crippen molar-refractivity contribution in [2.24, 2.45) is 12.5 Å². The van der Waals surface area contributed by atoms with Crippen molar-refractivity contribution in [2.45, 2.75) is 45.3 Å². The maximum Gasteiger partial charge on any atom is 0.419 e. The lowest BCUT2D eigenvalue weighted by Crippen LogP contribution is -2.63. The maximum atomic E-state index is 13.5. The average molecular weight is 523 g/mol. The number of nitriles is 1. The third-order valence-corrected chi connectivity index (χ3v) is 6.86. The number of ether oxygens (including phenoxy) is 1. The molecule has 1 aromatic carbocycles. The van der Waals surface area contributed by atoms with Crippen LogP contribution in [-0.4, -0.2) is 68.1 Å². The molecule has 2 atom stereocenters. The summed E-state index contributed by atoms with van der Waals surface area (Å²) < 4.78 is 12.6. The highest BCUT2D eigenvalue weighted by Crippen LogP contribution is 2.37. The molecule has 1 aliphatic heterocycles. The summed E-state index contributed by atoms with van der Waals surface area (Å²) in [6.07, 6.45) is -0.573. The number of hydrogen-bond acceptors (Lipinski definition) is 8. The van der Waals surface area contributed by atoms with E-state index in [0.717, 1.165) is 5.56 Å². The summed E-state index contributed by atoms with van der Waals surface area (Å²) in [5.41, 5.74) is 0.648. The number of rotatable bonds is 5. The first-order valence-electron chi connectivity index (χ1n) is 12.2. The summed E-state index contributed by atoms with van der Waals surface area (Å²) in [5.74, 6) is -1.00. The van der Waals surface area contributed by atoms with Crippen molar-refractivity contribution in [3.63, 3.8) is 0 Å². The quantitative estimate of drug-likeness (QED) is 0.512. The molecule has 0 aliphatic carbocycles. The number of aromatic nitrogens is 3. The Hall–Kier alpha value is -4.24. The van der Waals surface area contributed by atoms with Crippen LogP contribution in [0.3, 0.4) is 0 Å². The van der Waals surface area contributed by atoms with Crippen LogP contribution in [-0.2, 0) is 23.0 Å². The van der Waals surface area contributed by atoms with E-state index in [1.807, 2.05) is 20.8 Å². The van der Waals surface area contributed by atoms with Crippen molar-refractivity contribution >= 4 is 23.1 Å². The maximum absolute atomic E-state index is 13.5. The number of amides is 2. The number of fused-ring (bicyclic) bond motifs is 1. The highest BCUT2D eigenvalue weighted by atomic mass is 16.5. The first kappa shape index (κ1) is 26.8. The SMILES string of the molecule is Cn1c(=O)oc2ccc(-c3ccc(CC(C#N)NC(=O)[C@]4(C(C)(C)C)CN(C(=O)O)CCCO4)nn3)cc21. The van der Waals surface area contributed by atoms with E-state index in [9.17, 15) is 24.8 Å². The van der Waals surface area contributed by atoms with Gasteiger partial charge in [0.25, 0.3) is 5.91 Å². The van der Waals surface area contributed by atoms with Crippen LogP contribution < -0.4 is 11.1 Å². The zero-order chi connectivity index (χ0) is 27.7. The second-order valence-electron chi connectivity index (χ2n) is 10.4. The Bertz CT molecular complexity index is 1450. The third kappa shape index (κ3) is 5.10. The number of nitrogens with zero attached hydrogens (tertiary/aromatic N) is 5. The van der Waals surface area contributed by atoms with Gasteiger partial charge in [-0.15, -0.1) is 0 Å². The van der Waals surface area contributed by atoms with Crippen LogP contribution >= 0.6 is 0 Å². The monoisotopic (exact) mass is 522 g/mol. The third-order valence-electron chi connectivity index (χ3n) is 6.86. The predicted molar refractivity (Wildman–Crippen MR) is 136 cm³/mol. The summed E-state index contributed by atoms with van der Waals surface area (Å²) in [7, 11) is 1.62. The Balaban J connectivity index is 1.51. The Morgan fingerprint density at radius 2 is 2.03 bits per heavy atom. The topological polar surface area (TPSA) is 164 Å². The average Bonchev–Trinajstić information content (AvgIpc) is 3.03. The van der Waals surface area contributed by atoms with Crippen LogP contribution in [0.5, 0.6) is 0 Å². The number of oxazole rings is 1. The van der Waals surface area contributed by atoms with Crippen molar-refractivity contribution in [3.8, 4) is 17.3 Å². The summed E-state index contributed by atoms with van der Waals surface area (Å²) in [6, 6.07) is 9.84. The lowest BCUT2D eigenvalue weighted by atomic mass is 9.75. The number of benzene rings is 1. The van der Waals surface area contributed by atoms with Crippen molar-refractivity contribution in [1.82, 2.24) is 25.0 Å². The van der Waals surface area contributed by atoms with E-state index in [4.69, 9.17) is 9.15 Å². The summed E-state index contributed by atoms with van der Waals surface area (Å²) in [5, 5.41) is 30.6. The van der Waals surface area contributed by atoms with Gasteiger partial charge in [0.1, 0.15) is 6.04 Å². The molecule has 200 valence electrons. The molecule has 1 fully saturated rings. The number of nitrogens with one attached hydrogen (secondary N) is 1. The fourth-order valence-electron chi connectivity index (χ4n) is 4.51. The smallest absolute Gasteiger partial charge is 0.419 e. The highest BCUT2D eigenvalue weighted by molar-refractivity contribution is 5.87. The van der Waals surface area contributed by atoms with E-state index in [0.29, 0.717) is 28.9 Å². The van der Waals surface area contributed by atoms with Gasteiger partial charge in [-0.1, -0.05) is 20.8 Å². The van der Waals surface area contributed by atoms with Crippen LogP contribution in [0.15, 0.2) is 39.5 Å². The van der Waals surface area contributed by atoms with E-state index in [-0.39, 0.29) is 26.1 Å². The Morgan fingerprint density at radius 1 is 1.26 bits per heavy atom. The fourth-order valence-corrected chi connectivity index (χ4v) is 4.51. The Labute approximate surface area is 218 Å². The molecule has 2 amide bonds. The largest absolute Gasteiger partial charge is 0.465 e. The van der Waals surface area contributed by atoms with Crippen LogP contribution in [0, 0.1) is 16.7 Å². The van der Waals surface area contributed by atoms with Crippen LogP contribution in [0.25, 0.3) is 22.4 Å². The minimum atomic E-state index is -1.47. The molecule has 12 nitrogen and oxygen atoms in total. The molecule has 0 radical (unpaired) electrons. The van der Waals surface area contributed by atoms with Crippen molar-refractivity contribution < 1.29 is 23.8 Å². The van der Waals surface area contributed by atoms with Gasteiger partial charge in [0.2, 0.25) is 0 Å². The molecular formula is C26H30N6O6. The molecule has 3 aromatic rings. The molecule has 1 saturated heterocycles. The van der Waals surface area contributed by atoms with Gasteiger partial charge in [0, 0.05) is 37.6 Å². The second-order valence-corrected chi connectivity index (χ2v) is 10.4. The van der Waals surface area contributed by atoms with E-state index in [2.05, 4.69) is 21.6 Å². The Kier molecular flexibility index (Phi) is 7.24. The molecule has 2 N–H and O–H groups in total. The summed E-state index contributed by atoms with van der Waals surface area (Å²) in [4.78, 5) is 38.2. The molecule has 0 spiro atoms. The molecule has 3 heterocycles. The van der Waals surface area contributed by atoms with Gasteiger partial charge in [-0.05, 0) is 36.8 Å². The number of carbonyl (C=O) groups excluding carboxylic acids is 1. The molecule has 0 bridgehead atoms. The molecule has 2 aromatic heterocycles.